The molecule has 0 aliphatic rings. The van der Waals surface area contributed by atoms with E-state index in [1.165, 1.54) is 16.2 Å². The molecule has 2 rings (SSSR count). The minimum atomic E-state index is -0.348. The van der Waals surface area contributed by atoms with Gasteiger partial charge in [0.05, 0.1) is 19.4 Å². The number of nitrogens with zero attached hydrogens (tertiary/aromatic N) is 2. The maximum Gasteiger partial charge on any atom is 0.307 e. The lowest BCUT2D eigenvalue weighted by atomic mass is 10.1. The number of aromatic nitrogens is 1. The van der Waals surface area contributed by atoms with Gasteiger partial charge in [-0.05, 0) is 12.5 Å². The summed E-state index contributed by atoms with van der Waals surface area (Å²) in [5.74, 6) is -0.853. The van der Waals surface area contributed by atoms with Gasteiger partial charge in [-0.25, -0.2) is 4.98 Å². The number of amides is 2. The fourth-order valence-electron chi connectivity index (χ4n) is 2.16. The van der Waals surface area contributed by atoms with Gasteiger partial charge >= 0.3 is 5.97 Å². The predicted molar refractivity (Wildman–Crippen MR) is 99.1 cm³/mol. The number of thiazole rings is 1. The topological polar surface area (TPSA) is 88.6 Å². The normalized spacial score (nSPS) is 10.2. The van der Waals surface area contributed by atoms with E-state index in [0.717, 1.165) is 5.56 Å². The molecule has 1 heterocycles. The van der Waals surface area contributed by atoms with Gasteiger partial charge in [0.25, 0.3) is 5.91 Å². The first-order valence-electron chi connectivity index (χ1n) is 8.20. The Hall–Kier alpha value is -2.74. The van der Waals surface area contributed by atoms with Crippen molar-refractivity contribution in [2.75, 3.05) is 25.5 Å². The summed E-state index contributed by atoms with van der Waals surface area (Å²) in [5, 5.41) is 4.65. The Kier molecular flexibility index (Phi) is 7.28. The second kappa shape index (κ2) is 9.67. The van der Waals surface area contributed by atoms with Crippen LogP contribution in [0.1, 0.15) is 29.4 Å². The summed E-state index contributed by atoms with van der Waals surface area (Å²) >= 11 is 1.18. The van der Waals surface area contributed by atoms with E-state index in [1.54, 1.807) is 19.4 Å². The summed E-state index contributed by atoms with van der Waals surface area (Å²) in [6, 6.07) is 9.37. The molecular weight excluding hydrogens is 354 g/mol. The van der Waals surface area contributed by atoms with E-state index in [1.807, 2.05) is 30.3 Å². The molecule has 0 fully saturated rings. The molecule has 0 aliphatic heterocycles. The Morgan fingerprint density at radius 1 is 1.23 bits per heavy atom. The van der Waals surface area contributed by atoms with Crippen molar-refractivity contribution < 1.29 is 19.1 Å². The predicted octanol–water partition coefficient (Wildman–Crippen LogP) is 2.35. The maximum absolute atomic E-state index is 12.3. The van der Waals surface area contributed by atoms with Crippen molar-refractivity contribution in [2.45, 2.75) is 19.8 Å². The van der Waals surface area contributed by atoms with Gasteiger partial charge in [0, 0.05) is 19.0 Å². The van der Waals surface area contributed by atoms with Crippen molar-refractivity contribution in [1.82, 2.24) is 9.88 Å². The van der Waals surface area contributed by atoms with Gasteiger partial charge in [-0.1, -0.05) is 30.3 Å². The fraction of sp³-hybridized carbons (Fsp3) is 0.333. The largest absolute Gasteiger partial charge is 0.466 e. The van der Waals surface area contributed by atoms with Gasteiger partial charge in [-0.3, -0.25) is 14.4 Å². The van der Waals surface area contributed by atoms with Gasteiger partial charge in [0.2, 0.25) is 5.91 Å². The minimum absolute atomic E-state index is 0.126. The smallest absolute Gasteiger partial charge is 0.307 e. The molecule has 2 aromatic rings. The first-order valence-corrected chi connectivity index (χ1v) is 9.08. The van der Waals surface area contributed by atoms with Gasteiger partial charge in [-0.15, -0.1) is 11.3 Å². The van der Waals surface area contributed by atoms with Gasteiger partial charge in [0.15, 0.2) is 5.13 Å². The van der Waals surface area contributed by atoms with E-state index in [9.17, 15) is 14.4 Å². The lowest BCUT2D eigenvalue weighted by Gasteiger charge is -2.15. The van der Waals surface area contributed by atoms with Crippen molar-refractivity contribution in [3.05, 3.63) is 47.0 Å². The van der Waals surface area contributed by atoms with Crippen LogP contribution >= 0.6 is 11.3 Å². The average Bonchev–Trinajstić information content (AvgIpc) is 3.08. The zero-order chi connectivity index (χ0) is 18.9. The van der Waals surface area contributed by atoms with Gasteiger partial charge < -0.3 is 15.0 Å². The van der Waals surface area contributed by atoms with Crippen LogP contribution in [0.25, 0.3) is 0 Å². The zero-order valence-electron chi connectivity index (χ0n) is 14.7. The number of carbonyl (C=O) groups is 3. The summed E-state index contributed by atoms with van der Waals surface area (Å²) in [6.07, 6.45) is 0.365. The summed E-state index contributed by atoms with van der Waals surface area (Å²) in [5.41, 5.74) is 1.13. The van der Waals surface area contributed by atoms with Crippen LogP contribution in [0.15, 0.2) is 35.7 Å². The lowest BCUT2D eigenvalue weighted by molar-refractivity contribution is -0.143. The molecule has 0 aliphatic carbocycles. The molecule has 0 saturated heterocycles. The number of ether oxygens (including phenoxy) is 1. The zero-order valence-corrected chi connectivity index (χ0v) is 15.5. The molecule has 2 amide bonds. The summed E-state index contributed by atoms with van der Waals surface area (Å²) < 4.78 is 4.84. The number of carbonyl (C=O) groups excluding carboxylic acids is 3. The van der Waals surface area contributed by atoms with Crippen LogP contribution in [0.2, 0.25) is 0 Å². The SMILES string of the molecule is CCOC(=O)CCN(C)C(=O)c1csc(NC(=O)Cc2ccccc2)n1. The number of rotatable bonds is 8. The third-order valence-electron chi connectivity index (χ3n) is 3.48. The van der Waals surface area contributed by atoms with E-state index in [0.29, 0.717) is 11.7 Å². The molecule has 1 aromatic carbocycles. The quantitative estimate of drug-likeness (QED) is 0.716. The standard InChI is InChI=1S/C18H21N3O4S/c1-3-25-16(23)9-10-21(2)17(24)14-12-26-18(19-14)20-15(22)11-13-7-5-4-6-8-13/h4-8,12H,3,9-11H2,1-2H3,(H,19,20,22). The molecule has 0 atom stereocenters. The maximum atomic E-state index is 12.3. The third-order valence-corrected chi connectivity index (χ3v) is 4.24. The number of hydrogen-bond acceptors (Lipinski definition) is 6. The number of hydrogen-bond donors (Lipinski definition) is 1. The van der Waals surface area contributed by atoms with Crippen LogP contribution in [-0.2, 0) is 20.7 Å². The Bertz CT molecular complexity index is 761. The molecule has 0 bridgehead atoms. The van der Waals surface area contributed by atoms with Crippen LogP contribution < -0.4 is 5.32 Å². The van der Waals surface area contributed by atoms with Crippen LogP contribution in [0.3, 0.4) is 0 Å². The highest BCUT2D eigenvalue weighted by atomic mass is 32.1. The highest BCUT2D eigenvalue weighted by Crippen LogP contribution is 2.17. The Morgan fingerprint density at radius 3 is 2.65 bits per heavy atom. The Morgan fingerprint density at radius 2 is 1.96 bits per heavy atom. The third kappa shape index (κ3) is 5.96. The van der Waals surface area contributed by atoms with E-state index in [2.05, 4.69) is 10.3 Å². The molecule has 1 N–H and O–H groups in total. The fourth-order valence-corrected chi connectivity index (χ4v) is 2.86. The van der Waals surface area contributed by atoms with Crippen molar-refractivity contribution in [3.63, 3.8) is 0 Å². The van der Waals surface area contributed by atoms with E-state index < -0.39 is 0 Å². The average molecular weight is 375 g/mol. The molecule has 26 heavy (non-hydrogen) atoms. The van der Waals surface area contributed by atoms with Crippen LogP contribution in [0.4, 0.5) is 5.13 Å². The summed E-state index contributed by atoms with van der Waals surface area (Å²) in [4.78, 5) is 41.3. The van der Waals surface area contributed by atoms with E-state index in [-0.39, 0.29) is 42.9 Å². The molecule has 7 nitrogen and oxygen atoms in total. The van der Waals surface area contributed by atoms with Crippen molar-refractivity contribution >= 4 is 34.3 Å². The number of nitrogens with one attached hydrogen (secondary N) is 1. The van der Waals surface area contributed by atoms with Crippen molar-refractivity contribution in [3.8, 4) is 0 Å². The number of anilines is 1. The van der Waals surface area contributed by atoms with Crippen molar-refractivity contribution in [1.29, 1.82) is 0 Å². The number of benzene rings is 1. The molecule has 1 aromatic heterocycles. The lowest BCUT2D eigenvalue weighted by Crippen LogP contribution is -2.29. The monoisotopic (exact) mass is 375 g/mol. The molecule has 8 heteroatoms. The molecule has 0 radical (unpaired) electrons. The summed E-state index contributed by atoms with van der Waals surface area (Å²) in [7, 11) is 1.59. The molecule has 0 unspecified atom stereocenters. The highest BCUT2D eigenvalue weighted by molar-refractivity contribution is 7.14. The molecular formula is C18H21N3O4S. The molecule has 138 valence electrons. The van der Waals surface area contributed by atoms with E-state index >= 15 is 0 Å². The minimum Gasteiger partial charge on any atom is -0.466 e. The van der Waals surface area contributed by atoms with E-state index in [4.69, 9.17) is 4.74 Å². The second-order valence-electron chi connectivity index (χ2n) is 5.53. The Balaban J connectivity index is 1.86. The van der Waals surface area contributed by atoms with Gasteiger partial charge in [-0.2, -0.15) is 0 Å². The molecule has 0 saturated carbocycles. The second-order valence-corrected chi connectivity index (χ2v) is 6.39. The van der Waals surface area contributed by atoms with Crippen molar-refractivity contribution in [2.24, 2.45) is 0 Å². The Labute approximate surface area is 156 Å². The van der Waals surface area contributed by atoms with Crippen LogP contribution in [0, 0.1) is 0 Å². The number of esters is 1. The first-order chi connectivity index (χ1) is 12.5. The summed E-state index contributed by atoms with van der Waals surface area (Å²) in [6.45, 7) is 2.29. The van der Waals surface area contributed by atoms with Gasteiger partial charge in [0.1, 0.15) is 5.69 Å². The van der Waals surface area contributed by atoms with Crippen LogP contribution in [-0.4, -0.2) is 47.9 Å². The van der Waals surface area contributed by atoms with Crippen LogP contribution in [0.5, 0.6) is 0 Å². The highest BCUT2D eigenvalue weighted by Gasteiger charge is 2.17. The molecule has 0 spiro atoms. The first kappa shape index (κ1) is 19.6.